The lowest BCUT2D eigenvalue weighted by atomic mass is 10.1. The molecule has 3 aromatic rings. The fourth-order valence-corrected chi connectivity index (χ4v) is 1.91. The highest BCUT2D eigenvalue weighted by Gasteiger charge is 2.12. The van der Waals surface area contributed by atoms with E-state index in [1.54, 1.807) is 24.3 Å². The average Bonchev–Trinajstić information content (AvgIpc) is 2.93. The van der Waals surface area contributed by atoms with Gasteiger partial charge in [-0.25, -0.2) is 4.39 Å². The van der Waals surface area contributed by atoms with E-state index in [4.69, 9.17) is 9.63 Å². The molecule has 0 saturated carbocycles. The summed E-state index contributed by atoms with van der Waals surface area (Å²) in [5.41, 5.74) is 1.06. The van der Waals surface area contributed by atoms with Crippen LogP contribution in [0.1, 0.15) is 11.5 Å². The number of hydrogen-bond acceptors (Lipinski definition) is 5. The van der Waals surface area contributed by atoms with Crippen LogP contribution in [0.3, 0.4) is 0 Å². The number of nitrogens with zero attached hydrogens (tertiary/aromatic N) is 2. The van der Waals surface area contributed by atoms with Gasteiger partial charge in [0.25, 0.3) is 0 Å². The highest BCUT2D eigenvalue weighted by Crippen LogP contribution is 2.24. The van der Waals surface area contributed by atoms with Crippen LogP contribution in [0.5, 0.6) is 11.5 Å². The van der Waals surface area contributed by atoms with Gasteiger partial charge in [-0.2, -0.15) is 4.98 Å². The van der Waals surface area contributed by atoms with Gasteiger partial charge in [-0.3, -0.25) is 0 Å². The molecule has 21 heavy (non-hydrogen) atoms. The molecule has 1 aromatic heterocycles. The van der Waals surface area contributed by atoms with Gasteiger partial charge in [0.05, 0.1) is 6.42 Å². The quantitative estimate of drug-likeness (QED) is 0.774. The first kappa shape index (κ1) is 13.1. The van der Waals surface area contributed by atoms with Crippen molar-refractivity contribution in [3.8, 4) is 22.9 Å². The predicted octanol–water partition coefficient (Wildman–Crippen LogP) is 2.88. The molecule has 2 aromatic carbocycles. The number of benzene rings is 2. The number of phenolic OH excluding ortho intramolecular Hbond substituents is 2. The van der Waals surface area contributed by atoms with Crippen molar-refractivity contribution in [3.63, 3.8) is 0 Å². The van der Waals surface area contributed by atoms with Gasteiger partial charge in [-0.05, 0) is 24.3 Å². The SMILES string of the molecule is Oc1ccc(-c2noc(Cc3ccccc3O)n2)cc1F. The summed E-state index contributed by atoms with van der Waals surface area (Å²) in [7, 11) is 0. The lowest BCUT2D eigenvalue weighted by Gasteiger charge is -1.99. The third-order valence-corrected chi connectivity index (χ3v) is 3.01. The van der Waals surface area contributed by atoms with E-state index < -0.39 is 11.6 Å². The molecule has 1 heterocycles. The second kappa shape index (κ2) is 5.24. The van der Waals surface area contributed by atoms with Crippen LogP contribution in [-0.2, 0) is 6.42 Å². The Labute approximate surface area is 119 Å². The first-order chi connectivity index (χ1) is 10.1. The Morgan fingerprint density at radius 1 is 1.05 bits per heavy atom. The first-order valence-corrected chi connectivity index (χ1v) is 6.22. The maximum absolute atomic E-state index is 13.3. The molecule has 3 rings (SSSR count). The fourth-order valence-electron chi connectivity index (χ4n) is 1.91. The summed E-state index contributed by atoms with van der Waals surface area (Å²) in [4.78, 5) is 4.15. The van der Waals surface area contributed by atoms with E-state index in [1.807, 2.05) is 0 Å². The molecule has 0 radical (unpaired) electrons. The Kier molecular flexibility index (Phi) is 3.27. The van der Waals surface area contributed by atoms with Crippen molar-refractivity contribution < 1.29 is 19.1 Å². The van der Waals surface area contributed by atoms with Crippen LogP contribution in [0.4, 0.5) is 4.39 Å². The van der Waals surface area contributed by atoms with Crippen LogP contribution in [0.25, 0.3) is 11.4 Å². The minimum Gasteiger partial charge on any atom is -0.508 e. The molecule has 0 aliphatic rings. The second-order valence-corrected chi connectivity index (χ2v) is 4.48. The van der Waals surface area contributed by atoms with Gasteiger partial charge in [0, 0.05) is 11.1 Å². The molecule has 0 aliphatic heterocycles. The number of phenols is 2. The van der Waals surface area contributed by atoms with Crippen molar-refractivity contribution in [1.29, 1.82) is 0 Å². The molecule has 6 heteroatoms. The van der Waals surface area contributed by atoms with Crippen LogP contribution < -0.4 is 0 Å². The average molecular weight is 286 g/mol. The van der Waals surface area contributed by atoms with Crippen molar-refractivity contribution >= 4 is 0 Å². The number of halogens is 1. The summed E-state index contributed by atoms with van der Waals surface area (Å²) in [6, 6.07) is 10.7. The molecular formula is C15H11FN2O3. The van der Waals surface area contributed by atoms with Gasteiger partial charge in [-0.1, -0.05) is 23.4 Å². The number of aromatic hydroxyl groups is 2. The van der Waals surface area contributed by atoms with E-state index >= 15 is 0 Å². The molecule has 0 unspecified atom stereocenters. The van der Waals surface area contributed by atoms with Gasteiger partial charge < -0.3 is 14.7 Å². The molecule has 0 saturated heterocycles. The number of para-hydroxylation sites is 1. The van der Waals surface area contributed by atoms with E-state index in [2.05, 4.69) is 10.1 Å². The van der Waals surface area contributed by atoms with Gasteiger partial charge in [0.2, 0.25) is 11.7 Å². The number of hydrogen-bond donors (Lipinski definition) is 2. The largest absolute Gasteiger partial charge is 0.508 e. The van der Waals surface area contributed by atoms with Gasteiger partial charge in [-0.15, -0.1) is 0 Å². The lowest BCUT2D eigenvalue weighted by molar-refractivity contribution is 0.383. The summed E-state index contributed by atoms with van der Waals surface area (Å²) in [5.74, 6) is -0.511. The standard InChI is InChI=1S/C15H11FN2O3/c16-11-7-10(5-6-13(11)20)15-17-14(21-18-15)8-9-3-1-2-4-12(9)19/h1-7,19-20H,8H2. The zero-order valence-electron chi connectivity index (χ0n) is 10.8. The normalized spacial score (nSPS) is 10.7. The molecule has 0 fully saturated rings. The maximum Gasteiger partial charge on any atom is 0.231 e. The van der Waals surface area contributed by atoms with Crippen molar-refractivity contribution in [2.24, 2.45) is 0 Å². The molecule has 2 N–H and O–H groups in total. The molecule has 106 valence electrons. The fraction of sp³-hybridized carbons (Fsp3) is 0.0667. The van der Waals surface area contributed by atoms with Crippen LogP contribution in [-0.4, -0.2) is 20.4 Å². The minimum atomic E-state index is -0.750. The molecule has 0 bridgehead atoms. The van der Waals surface area contributed by atoms with Crippen LogP contribution in [0, 0.1) is 5.82 Å². The molecule has 0 spiro atoms. The van der Waals surface area contributed by atoms with Gasteiger partial charge in [0.1, 0.15) is 5.75 Å². The Morgan fingerprint density at radius 3 is 2.62 bits per heavy atom. The topological polar surface area (TPSA) is 79.4 Å². The maximum atomic E-state index is 13.3. The van der Waals surface area contributed by atoms with Crippen molar-refractivity contribution in [2.45, 2.75) is 6.42 Å². The summed E-state index contributed by atoms with van der Waals surface area (Å²) in [6.45, 7) is 0. The lowest BCUT2D eigenvalue weighted by Crippen LogP contribution is -1.89. The summed E-state index contributed by atoms with van der Waals surface area (Å²) in [6.07, 6.45) is 0.278. The summed E-state index contributed by atoms with van der Waals surface area (Å²) < 4.78 is 18.4. The monoisotopic (exact) mass is 286 g/mol. The third kappa shape index (κ3) is 2.69. The van der Waals surface area contributed by atoms with Gasteiger partial charge >= 0.3 is 0 Å². The van der Waals surface area contributed by atoms with E-state index in [9.17, 15) is 9.50 Å². The molecule has 0 amide bonds. The Hall–Kier alpha value is -2.89. The highest BCUT2D eigenvalue weighted by molar-refractivity contribution is 5.56. The third-order valence-electron chi connectivity index (χ3n) is 3.01. The zero-order valence-corrected chi connectivity index (χ0v) is 10.8. The van der Waals surface area contributed by atoms with E-state index in [-0.39, 0.29) is 18.0 Å². The van der Waals surface area contributed by atoms with Crippen molar-refractivity contribution in [2.75, 3.05) is 0 Å². The summed E-state index contributed by atoms with van der Waals surface area (Å²) >= 11 is 0. The van der Waals surface area contributed by atoms with Crippen molar-refractivity contribution in [1.82, 2.24) is 10.1 Å². The van der Waals surface area contributed by atoms with E-state index in [0.29, 0.717) is 17.0 Å². The van der Waals surface area contributed by atoms with Crippen LogP contribution in [0.15, 0.2) is 47.0 Å². The van der Waals surface area contributed by atoms with Crippen LogP contribution >= 0.6 is 0 Å². The number of rotatable bonds is 3. The van der Waals surface area contributed by atoms with E-state index in [1.165, 1.54) is 12.1 Å². The van der Waals surface area contributed by atoms with Gasteiger partial charge in [0.15, 0.2) is 11.6 Å². The van der Waals surface area contributed by atoms with Crippen molar-refractivity contribution in [3.05, 3.63) is 59.7 Å². The van der Waals surface area contributed by atoms with Crippen LogP contribution in [0.2, 0.25) is 0 Å². The predicted molar refractivity (Wildman–Crippen MR) is 72.3 cm³/mol. The first-order valence-electron chi connectivity index (χ1n) is 6.22. The Morgan fingerprint density at radius 2 is 1.86 bits per heavy atom. The highest BCUT2D eigenvalue weighted by atomic mass is 19.1. The molecule has 0 aliphatic carbocycles. The Balaban J connectivity index is 1.86. The molecule has 5 nitrogen and oxygen atoms in total. The zero-order chi connectivity index (χ0) is 14.8. The minimum absolute atomic E-state index is 0.146. The Bertz CT molecular complexity index is 786. The van der Waals surface area contributed by atoms with E-state index in [0.717, 1.165) is 6.07 Å². The molecule has 0 atom stereocenters. The second-order valence-electron chi connectivity index (χ2n) is 4.48. The summed E-state index contributed by atoms with van der Waals surface area (Å²) in [5, 5.41) is 22.6. The number of aromatic nitrogens is 2. The smallest absolute Gasteiger partial charge is 0.231 e. The molecular weight excluding hydrogens is 275 g/mol.